The summed E-state index contributed by atoms with van der Waals surface area (Å²) in [5, 5.41) is 11.1. The van der Waals surface area contributed by atoms with Crippen LogP contribution in [0.3, 0.4) is 0 Å². The highest BCUT2D eigenvalue weighted by Gasteiger charge is 2.12. The summed E-state index contributed by atoms with van der Waals surface area (Å²) in [6, 6.07) is 7.48. The number of nitrogens with one attached hydrogen (secondary N) is 1. The van der Waals surface area contributed by atoms with Gasteiger partial charge in [-0.05, 0) is 11.6 Å². The van der Waals surface area contributed by atoms with E-state index in [9.17, 15) is 4.79 Å². The summed E-state index contributed by atoms with van der Waals surface area (Å²) in [7, 11) is 3.54. The molecule has 5 heteroatoms. The Morgan fingerprint density at radius 3 is 2.59 bits per heavy atom. The summed E-state index contributed by atoms with van der Waals surface area (Å²) >= 11 is 0. The zero-order valence-electron chi connectivity index (χ0n) is 10.2. The van der Waals surface area contributed by atoms with Crippen molar-refractivity contribution in [1.29, 1.82) is 0 Å². The van der Waals surface area contributed by atoms with E-state index in [0.717, 1.165) is 11.3 Å². The van der Waals surface area contributed by atoms with Gasteiger partial charge in [0.15, 0.2) is 0 Å². The van der Waals surface area contributed by atoms with E-state index in [1.54, 1.807) is 27.7 Å². The first-order valence-corrected chi connectivity index (χ1v) is 7.59. The molecule has 0 spiro atoms. The maximum absolute atomic E-state index is 10.6. The normalized spacial score (nSPS) is 11.2. The van der Waals surface area contributed by atoms with Crippen molar-refractivity contribution in [2.75, 3.05) is 5.32 Å². The Kier molecular flexibility index (Phi) is 5.21. The molecule has 1 aromatic carbocycles. The average molecular weight is 271 g/mol. The molecule has 2 N–H and O–H groups in total. The van der Waals surface area contributed by atoms with Crippen LogP contribution in [0.15, 0.2) is 24.3 Å². The fourth-order valence-electron chi connectivity index (χ4n) is 1.15. The molecule has 0 radical (unpaired) electrons. The smallest absolute Gasteiger partial charge is 0.409 e. The molecule has 0 fully saturated rings. The van der Waals surface area contributed by atoms with Gasteiger partial charge in [-0.25, -0.2) is 4.79 Å². The van der Waals surface area contributed by atoms with Gasteiger partial charge in [0.1, 0.15) is 0 Å². The quantitative estimate of drug-likeness (QED) is 0.794. The Hall–Kier alpha value is -0.810. The van der Waals surface area contributed by atoms with E-state index in [1.165, 1.54) is 0 Å². The van der Waals surface area contributed by atoms with E-state index >= 15 is 0 Å². The molecule has 0 atom stereocenters. The number of benzene rings is 1. The number of anilines is 1. The van der Waals surface area contributed by atoms with Crippen LogP contribution in [-0.2, 0) is 5.75 Å². The summed E-state index contributed by atoms with van der Waals surface area (Å²) < 4.78 is 0.208. The van der Waals surface area contributed by atoms with Crippen molar-refractivity contribution in [1.82, 2.24) is 0 Å². The van der Waals surface area contributed by atoms with Gasteiger partial charge in [-0.1, -0.05) is 60.6 Å². The summed E-state index contributed by atoms with van der Waals surface area (Å²) in [6.45, 7) is 6.48. The van der Waals surface area contributed by atoms with E-state index < -0.39 is 6.09 Å². The van der Waals surface area contributed by atoms with E-state index in [2.05, 4.69) is 26.1 Å². The fourth-order valence-corrected chi connectivity index (χ4v) is 3.56. The van der Waals surface area contributed by atoms with E-state index in [-0.39, 0.29) is 4.75 Å². The van der Waals surface area contributed by atoms with Crippen LogP contribution in [0.4, 0.5) is 10.5 Å². The number of para-hydroxylation sites is 1. The Balaban J connectivity index is 2.61. The zero-order chi connectivity index (χ0) is 12.9. The second kappa shape index (κ2) is 6.21. The van der Waals surface area contributed by atoms with Gasteiger partial charge in [0, 0.05) is 16.2 Å². The molecule has 0 saturated heterocycles. The van der Waals surface area contributed by atoms with Gasteiger partial charge in [-0.2, -0.15) is 0 Å². The molecule has 0 bridgehead atoms. The molecule has 0 saturated carbocycles. The third-order valence-corrected chi connectivity index (χ3v) is 5.04. The molecular weight excluding hydrogens is 254 g/mol. The minimum atomic E-state index is -1.02. The second-order valence-corrected chi connectivity index (χ2v) is 7.67. The molecule has 0 heterocycles. The number of hydrogen-bond acceptors (Lipinski definition) is 3. The molecule has 3 nitrogen and oxygen atoms in total. The first-order valence-electron chi connectivity index (χ1n) is 5.27. The van der Waals surface area contributed by atoms with Crippen LogP contribution in [0.25, 0.3) is 0 Å². The lowest BCUT2D eigenvalue weighted by molar-refractivity contribution is 0.209. The highest BCUT2D eigenvalue weighted by atomic mass is 33.1. The molecular formula is C12H17NO2S2. The maximum atomic E-state index is 10.6. The van der Waals surface area contributed by atoms with Crippen molar-refractivity contribution in [3.8, 4) is 0 Å². The summed E-state index contributed by atoms with van der Waals surface area (Å²) in [6.07, 6.45) is -1.02. The maximum Gasteiger partial charge on any atom is 0.409 e. The molecule has 1 rings (SSSR count). The van der Waals surface area contributed by atoms with Crippen molar-refractivity contribution >= 4 is 33.4 Å². The average Bonchev–Trinajstić information content (AvgIpc) is 2.18. The third kappa shape index (κ3) is 5.89. The minimum Gasteiger partial charge on any atom is -0.465 e. The Labute approximate surface area is 110 Å². The van der Waals surface area contributed by atoms with Gasteiger partial charge in [-0.3, -0.25) is 5.32 Å². The van der Waals surface area contributed by atoms with Gasteiger partial charge in [0.2, 0.25) is 0 Å². The first kappa shape index (κ1) is 14.3. The van der Waals surface area contributed by atoms with Crippen molar-refractivity contribution in [3.05, 3.63) is 29.8 Å². The van der Waals surface area contributed by atoms with E-state index in [1.807, 2.05) is 18.2 Å². The van der Waals surface area contributed by atoms with Crippen LogP contribution in [0, 0.1) is 0 Å². The van der Waals surface area contributed by atoms with Gasteiger partial charge >= 0.3 is 6.09 Å². The van der Waals surface area contributed by atoms with Crippen molar-refractivity contribution in [2.45, 2.75) is 31.3 Å². The number of carboxylic acid groups (broad SMARTS) is 1. The second-order valence-electron chi connectivity index (χ2n) is 4.55. The molecule has 0 aliphatic carbocycles. The molecule has 0 aliphatic heterocycles. The summed E-state index contributed by atoms with van der Waals surface area (Å²) in [5.41, 5.74) is 1.68. The molecule has 94 valence electrons. The molecule has 0 unspecified atom stereocenters. The van der Waals surface area contributed by atoms with Crippen LogP contribution in [-0.4, -0.2) is 15.9 Å². The Bertz CT molecular complexity index is 388. The number of carbonyl (C=O) groups is 1. The Morgan fingerprint density at radius 1 is 1.35 bits per heavy atom. The largest absolute Gasteiger partial charge is 0.465 e. The molecule has 1 aromatic rings. The standard InChI is InChI=1S/C12H17NO2S2/c1-12(2,3)17-16-8-9-6-4-5-7-10(9)13-11(14)15/h4-7,13H,8H2,1-3H3,(H,14,15). The van der Waals surface area contributed by atoms with Crippen molar-refractivity contribution in [2.24, 2.45) is 0 Å². The van der Waals surface area contributed by atoms with Crippen LogP contribution in [0.1, 0.15) is 26.3 Å². The van der Waals surface area contributed by atoms with Gasteiger partial charge in [0.05, 0.1) is 0 Å². The van der Waals surface area contributed by atoms with Crippen LogP contribution in [0.5, 0.6) is 0 Å². The summed E-state index contributed by atoms with van der Waals surface area (Å²) in [5.74, 6) is 0.790. The zero-order valence-corrected chi connectivity index (χ0v) is 11.8. The number of hydrogen-bond donors (Lipinski definition) is 2. The molecule has 17 heavy (non-hydrogen) atoms. The lowest BCUT2D eigenvalue weighted by Gasteiger charge is -2.16. The monoisotopic (exact) mass is 271 g/mol. The highest BCUT2D eigenvalue weighted by Crippen LogP contribution is 2.38. The minimum absolute atomic E-state index is 0.208. The van der Waals surface area contributed by atoms with Gasteiger partial charge in [0.25, 0.3) is 0 Å². The van der Waals surface area contributed by atoms with E-state index in [0.29, 0.717) is 5.69 Å². The number of rotatable bonds is 4. The van der Waals surface area contributed by atoms with Gasteiger partial charge in [-0.15, -0.1) is 0 Å². The van der Waals surface area contributed by atoms with Crippen LogP contribution < -0.4 is 5.32 Å². The lowest BCUT2D eigenvalue weighted by Crippen LogP contribution is -2.09. The SMILES string of the molecule is CC(C)(C)SSCc1ccccc1NC(=O)O. The molecule has 0 aromatic heterocycles. The van der Waals surface area contributed by atoms with E-state index in [4.69, 9.17) is 5.11 Å². The highest BCUT2D eigenvalue weighted by molar-refractivity contribution is 8.76. The predicted molar refractivity (Wildman–Crippen MR) is 76.7 cm³/mol. The molecule has 0 aliphatic rings. The predicted octanol–water partition coefficient (Wildman–Crippen LogP) is 4.46. The first-order chi connectivity index (χ1) is 7.88. The van der Waals surface area contributed by atoms with Crippen molar-refractivity contribution < 1.29 is 9.90 Å². The lowest BCUT2D eigenvalue weighted by atomic mass is 10.2. The summed E-state index contributed by atoms with van der Waals surface area (Å²) in [4.78, 5) is 10.6. The molecule has 1 amide bonds. The third-order valence-electron chi connectivity index (χ3n) is 1.78. The van der Waals surface area contributed by atoms with Crippen LogP contribution >= 0.6 is 21.6 Å². The van der Waals surface area contributed by atoms with Crippen LogP contribution in [0.2, 0.25) is 0 Å². The fraction of sp³-hybridized carbons (Fsp3) is 0.417. The van der Waals surface area contributed by atoms with Gasteiger partial charge < -0.3 is 5.11 Å². The number of amides is 1. The van der Waals surface area contributed by atoms with Crippen molar-refractivity contribution in [3.63, 3.8) is 0 Å². The topological polar surface area (TPSA) is 49.3 Å². The Morgan fingerprint density at radius 2 is 2.00 bits per heavy atom.